The van der Waals surface area contributed by atoms with Crippen LogP contribution in [0.5, 0.6) is 0 Å². The van der Waals surface area contributed by atoms with Crippen LogP contribution in [0.15, 0.2) is 60.8 Å². The molecule has 9 unspecified atom stereocenters. The number of allylic oxidation sites excluding steroid dienone is 10. The third kappa shape index (κ3) is 24.6. The maximum Gasteiger partial charge on any atom is 0.249 e. The minimum absolute atomic E-state index is 0.234. The van der Waals surface area contributed by atoms with E-state index in [9.17, 15) is 40.5 Å². The minimum Gasteiger partial charge on any atom is -0.394 e. The highest BCUT2D eigenvalue weighted by atomic mass is 16.7. The molecular formula is C45H79NO10. The number of carbonyl (C=O) groups is 1. The van der Waals surface area contributed by atoms with Gasteiger partial charge in [0.2, 0.25) is 5.91 Å². The highest BCUT2D eigenvalue weighted by molar-refractivity contribution is 5.80. The van der Waals surface area contributed by atoms with E-state index in [2.05, 4.69) is 73.8 Å². The summed E-state index contributed by atoms with van der Waals surface area (Å²) in [5.74, 6) is -0.726. The highest BCUT2D eigenvalue weighted by Gasteiger charge is 2.44. The lowest BCUT2D eigenvalue weighted by Crippen LogP contribution is -2.60. The van der Waals surface area contributed by atoms with Gasteiger partial charge in [-0.05, 0) is 89.9 Å². The van der Waals surface area contributed by atoms with E-state index in [-0.39, 0.29) is 12.8 Å². The number of hydrogen-bond acceptors (Lipinski definition) is 10. The zero-order valence-electron chi connectivity index (χ0n) is 34.6. The number of rotatable bonds is 34. The van der Waals surface area contributed by atoms with Crippen LogP contribution in [0.2, 0.25) is 0 Å². The summed E-state index contributed by atoms with van der Waals surface area (Å²) in [6.07, 6.45) is 29.8. The summed E-state index contributed by atoms with van der Waals surface area (Å²) in [6.45, 7) is 3.24. The van der Waals surface area contributed by atoms with Gasteiger partial charge in [-0.1, -0.05) is 120 Å². The van der Waals surface area contributed by atoms with Crippen LogP contribution in [0.1, 0.15) is 149 Å². The number of nitrogens with one attached hydrogen (secondary N) is 1. The van der Waals surface area contributed by atoms with Crippen LogP contribution < -0.4 is 5.32 Å². The first-order chi connectivity index (χ1) is 27.2. The van der Waals surface area contributed by atoms with E-state index >= 15 is 0 Å². The molecule has 0 saturated carbocycles. The van der Waals surface area contributed by atoms with E-state index in [4.69, 9.17) is 9.47 Å². The molecule has 1 amide bonds. The molecule has 9 atom stereocenters. The fraction of sp³-hybridized carbons (Fsp3) is 0.756. The molecule has 0 aromatic carbocycles. The standard InChI is InChI=1S/C45H79NO10/c1-3-5-7-9-11-13-15-17-18-19-21-23-25-27-29-31-33-38(49)44(54)46-36(35-55-45-43(53)42(52)41(51)39(34-47)56-45)40(50)37(48)32-30-28-26-24-22-20-16-14-12-10-8-6-4-2/h6,8,11,13-14,16-18,24,26,36-43,45,47-53H,3-5,7,9-10,12,15,19-23,25,27-35H2,1-2H3,(H,46,54)/b8-6+,13-11-,16-14+,18-17-,26-24+. The van der Waals surface area contributed by atoms with E-state index in [1.165, 1.54) is 19.3 Å². The Morgan fingerprint density at radius 1 is 0.643 bits per heavy atom. The van der Waals surface area contributed by atoms with Crippen molar-refractivity contribution in [3.05, 3.63) is 60.8 Å². The first-order valence-electron chi connectivity index (χ1n) is 21.7. The monoisotopic (exact) mass is 794 g/mol. The molecule has 8 N–H and O–H groups in total. The van der Waals surface area contributed by atoms with Gasteiger partial charge in [-0.3, -0.25) is 4.79 Å². The lowest BCUT2D eigenvalue weighted by Gasteiger charge is -2.40. The zero-order valence-corrected chi connectivity index (χ0v) is 34.6. The van der Waals surface area contributed by atoms with Crippen molar-refractivity contribution >= 4 is 5.91 Å². The van der Waals surface area contributed by atoms with E-state index in [0.29, 0.717) is 19.3 Å². The third-order valence-electron chi connectivity index (χ3n) is 10.0. The molecule has 0 aromatic rings. The van der Waals surface area contributed by atoms with Crippen LogP contribution in [-0.4, -0.2) is 110 Å². The lowest BCUT2D eigenvalue weighted by molar-refractivity contribution is -0.303. The molecular weight excluding hydrogens is 714 g/mol. The number of unbranched alkanes of at least 4 members (excludes halogenated alkanes) is 12. The Kier molecular flexibility index (Phi) is 32.2. The van der Waals surface area contributed by atoms with Crippen molar-refractivity contribution in [3.63, 3.8) is 0 Å². The van der Waals surface area contributed by atoms with E-state index in [1.54, 1.807) is 0 Å². The first-order valence-corrected chi connectivity index (χ1v) is 21.7. The molecule has 324 valence electrons. The van der Waals surface area contributed by atoms with Crippen molar-refractivity contribution in [1.29, 1.82) is 0 Å². The number of ether oxygens (including phenoxy) is 2. The molecule has 0 spiro atoms. The molecule has 11 heteroatoms. The minimum atomic E-state index is -1.68. The van der Waals surface area contributed by atoms with Crippen LogP contribution in [-0.2, 0) is 14.3 Å². The summed E-state index contributed by atoms with van der Waals surface area (Å²) in [4.78, 5) is 13.0. The lowest BCUT2D eigenvalue weighted by atomic mass is 9.98. The van der Waals surface area contributed by atoms with Crippen molar-refractivity contribution < 1.29 is 50.0 Å². The molecule has 11 nitrogen and oxygen atoms in total. The van der Waals surface area contributed by atoms with Crippen molar-refractivity contribution in [1.82, 2.24) is 5.32 Å². The largest absolute Gasteiger partial charge is 0.394 e. The molecule has 1 heterocycles. The van der Waals surface area contributed by atoms with Crippen LogP contribution in [0.25, 0.3) is 0 Å². The SMILES string of the molecule is CC/C=C/CC/C=C/CC/C=C/CCCC(O)C(O)C(COC1OC(CO)C(O)C(O)C1O)NC(=O)C(O)CCCCCCCC/C=C\C/C=C\CCCCC. The van der Waals surface area contributed by atoms with Crippen LogP contribution in [0, 0.1) is 0 Å². The van der Waals surface area contributed by atoms with Crippen molar-refractivity contribution in [3.8, 4) is 0 Å². The Bertz CT molecular complexity index is 1090. The maximum absolute atomic E-state index is 13.0. The van der Waals surface area contributed by atoms with Gasteiger partial charge in [0, 0.05) is 0 Å². The van der Waals surface area contributed by atoms with Crippen LogP contribution in [0.4, 0.5) is 0 Å². The first kappa shape index (κ1) is 51.8. The molecule has 0 aliphatic carbocycles. The van der Waals surface area contributed by atoms with Gasteiger partial charge >= 0.3 is 0 Å². The normalized spacial score (nSPS) is 22.9. The number of aliphatic hydroxyl groups excluding tert-OH is 7. The number of hydrogen-bond donors (Lipinski definition) is 8. The molecule has 0 bridgehead atoms. The molecule has 1 fully saturated rings. The Labute approximate surface area is 338 Å². The Hall–Kier alpha value is -2.19. The number of carbonyl (C=O) groups excluding carboxylic acids is 1. The summed E-state index contributed by atoms with van der Waals surface area (Å²) in [5.41, 5.74) is 0. The molecule has 1 saturated heterocycles. The average Bonchev–Trinajstić information content (AvgIpc) is 3.20. The summed E-state index contributed by atoms with van der Waals surface area (Å²) in [5, 5.41) is 75.4. The molecule has 1 aliphatic heterocycles. The second kappa shape index (κ2) is 34.8. The topological polar surface area (TPSA) is 189 Å². The van der Waals surface area contributed by atoms with E-state index < -0.39 is 74.2 Å². The van der Waals surface area contributed by atoms with Crippen molar-refractivity contribution in [2.45, 2.75) is 204 Å². The summed E-state index contributed by atoms with van der Waals surface area (Å²) in [7, 11) is 0. The average molecular weight is 794 g/mol. The third-order valence-corrected chi connectivity index (χ3v) is 10.0. The van der Waals surface area contributed by atoms with Gasteiger partial charge in [-0.15, -0.1) is 0 Å². The molecule has 0 radical (unpaired) electrons. The Balaban J connectivity index is 2.54. The van der Waals surface area contributed by atoms with Crippen molar-refractivity contribution in [2.75, 3.05) is 13.2 Å². The second-order valence-corrected chi connectivity index (χ2v) is 15.0. The van der Waals surface area contributed by atoms with Crippen molar-refractivity contribution in [2.24, 2.45) is 0 Å². The van der Waals surface area contributed by atoms with Gasteiger partial charge in [0.25, 0.3) is 0 Å². The number of aliphatic hydroxyl groups is 7. The van der Waals surface area contributed by atoms with Gasteiger partial charge in [-0.25, -0.2) is 0 Å². The predicted molar refractivity (Wildman–Crippen MR) is 224 cm³/mol. The zero-order chi connectivity index (χ0) is 41.2. The van der Waals surface area contributed by atoms with Gasteiger partial charge < -0.3 is 50.5 Å². The smallest absolute Gasteiger partial charge is 0.249 e. The maximum atomic E-state index is 13.0. The highest BCUT2D eigenvalue weighted by Crippen LogP contribution is 2.23. The van der Waals surface area contributed by atoms with E-state index in [1.807, 2.05) is 6.08 Å². The summed E-state index contributed by atoms with van der Waals surface area (Å²) in [6, 6.07) is -1.20. The van der Waals surface area contributed by atoms with Crippen LogP contribution >= 0.6 is 0 Å². The number of amides is 1. The van der Waals surface area contributed by atoms with Gasteiger partial charge in [-0.2, -0.15) is 0 Å². The van der Waals surface area contributed by atoms with Gasteiger partial charge in [0.1, 0.15) is 36.6 Å². The molecule has 0 aromatic heterocycles. The summed E-state index contributed by atoms with van der Waals surface area (Å²) >= 11 is 0. The molecule has 1 aliphatic rings. The summed E-state index contributed by atoms with van der Waals surface area (Å²) < 4.78 is 11.0. The predicted octanol–water partition coefficient (Wildman–Crippen LogP) is 6.38. The Morgan fingerprint density at radius 3 is 1.79 bits per heavy atom. The van der Waals surface area contributed by atoms with E-state index in [0.717, 1.165) is 83.5 Å². The van der Waals surface area contributed by atoms with Gasteiger partial charge in [0.15, 0.2) is 6.29 Å². The van der Waals surface area contributed by atoms with Crippen LogP contribution in [0.3, 0.4) is 0 Å². The molecule has 56 heavy (non-hydrogen) atoms. The quantitative estimate of drug-likeness (QED) is 0.0268. The van der Waals surface area contributed by atoms with Gasteiger partial charge in [0.05, 0.1) is 25.4 Å². The Morgan fingerprint density at radius 2 is 1.18 bits per heavy atom. The fourth-order valence-corrected chi connectivity index (χ4v) is 6.39. The fourth-order valence-electron chi connectivity index (χ4n) is 6.39. The second-order valence-electron chi connectivity index (χ2n) is 15.0. The molecule has 1 rings (SSSR count).